The Labute approximate surface area is 233 Å². The van der Waals surface area contributed by atoms with E-state index in [2.05, 4.69) is 25.3 Å². The molecule has 11 heteroatoms. The molecule has 3 heterocycles. The minimum atomic E-state index is -0.599. The summed E-state index contributed by atoms with van der Waals surface area (Å²) in [6.07, 6.45) is 3.71. The van der Waals surface area contributed by atoms with Crippen LogP contribution in [0.4, 0.5) is 14.9 Å². The lowest BCUT2D eigenvalue weighted by molar-refractivity contribution is -0.0431. The van der Waals surface area contributed by atoms with Crippen LogP contribution in [0, 0.1) is 12.7 Å². The number of thiazole rings is 1. The molecule has 0 saturated heterocycles. The van der Waals surface area contributed by atoms with Crippen LogP contribution in [0.15, 0.2) is 48.8 Å². The maximum Gasteiger partial charge on any atom is 0.412 e. The summed E-state index contributed by atoms with van der Waals surface area (Å²) >= 11 is 1.42. The van der Waals surface area contributed by atoms with Gasteiger partial charge >= 0.3 is 6.09 Å². The molecular weight excluding hydrogens is 533 g/mol. The first kappa shape index (κ1) is 25.9. The van der Waals surface area contributed by atoms with E-state index in [1.807, 2.05) is 32.0 Å². The number of aryl methyl sites for hydroxylation is 2. The molecule has 5 aromatic rings. The number of aromatic nitrogens is 4. The lowest BCUT2D eigenvalue weighted by Gasteiger charge is -2.35. The lowest BCUT2D eigenvalue weighted by atomic mass is 9.92. The van der Waals surface area contributed by atoms with Gasteiger partial charge in [-0.2, -0.15) is 0 Å². The van der Waals surface area contributed by atoms with Crippen LogP contribution in [-0.4, -0.2) is 45.3 Å². The highest BCUT2D eigenvalue weighted by atomic mass is 32.1. The molecule has 1 fully saturated rings. The van der Waals surface area contributed by atoms with Crippen LogP contribution >= 0.6 is 11.3 Å². The smallest absolute Gasteiger partial charge is 0.412 e. The van der Waals surface area contributed by atoms with Crippen LogP contribution < -0.4 is 14.8 Å². The number of rotatable bonds is 7. The highest BCUT2D eigenvalue weighted by molar-refractivity contribution is 7.21. The number of fused-ring (bicyclic) bond motifs is 2. The van der Waals surface area contributed by atoms with E-state index >= 15 is 4.39 Å². The second-order valence-corrected chi connectivity index (χ2v) is 10.6. The molecule has 0 spiro atoms. The normalized spacial score (nSPS) is 16.5. The van der Waals surface area contributed by atoms with E-state index in [1.165, 1.54) is 17.4 Å². The quantitative estimate of drug-likeness (QED) is 0.241. The Morgan fingerprint density at radius 2 is 1.93 bits per heavy atom. The number of hydrogen-bond donors (Lipinski definition) is 1. The van der Waals surface area contributed by atoms with Crippen molar-refractivity contribution in [1.82, 2.24) is 19.9 Å². The van der Waals surface area contributed by atoms with E-state index in [1.54, 1.807) is 31.6 Å². The average molecular weight is 560 g/mol. The first-order chi connectivity index (χ1) is 19.4. The molecule has 6 rings (SSSR count). The monoisotopic (exact) mass is 559 g/mol. The maximum absolute atomic E-state index is 15.1. The van der Waals surface area contributed by atoms with Gasteiger partial charge in [-0.1, -0.05) is 6.92 Å². The number of nitrogens with one attached hydrogen (secondary N) is 1. The average Bonchev–Trinajstić information content (AvgIpc) is 3.36. The number of anilines is 1. The summed E-state index contributed by atoms with van der Waals surface area (Å²) in [7, 11) is 1.55. The first-order valence-corrected chi connectivity index (χ1v) is 13.7. The van der Waals surface area contributed by atoms with Gasteiger partial charge in [0.1, 0.15) is 17.2 Å². The zero-order chi connectivity index (χ0) is 27.8. The van der Waals surface area contributed by atoms with Gasteiger partial charge in [0, 0.05) is 23.4 Å². The van der Waals surface area contributed by atoms with Crippen LogP contribution in [0.2, 0.25) is 0 Å². The second kappa shape index (κ2) is 10.6. The van der Waals surface area contributed by atoms with Crippen molar-refractivity contribution in [2.24, 2.45) is 0 Å². The van der Waals surface area contributed by atoms with Crippen molar-refractivity contribution in [2.45, 2.75) is 45.3 Å². The van der Waals surface area contributed by atoms with Gasteiger partial charge in [-0.3, -0.25) is 10.3 Å². The third-order valence-electron chi connectivity index (χ3n) is 6.77. The summed E-state index contributed by atoms with van der Waals surface area (Å²) in [5, 5.41) is 3.37. The minimum absolute atomic E-state index is 0.0967. The molecule has 1 amide bonds. The molecule has 0 bridgehead atoms. The van der Waals surface area contributed by atoms with Gasteiger partial charge in [0.15, 0.2) is 11.6 Å². The highest BCUT2D eigenvalue weighted by Gasteiger charge is 2.37. The van der Waals surface area contributed by atoms with Crippen LogP contribution in [-0.2, 0) is 11.2 Å². The fourth-order valence-electron chi connectivity index (χ4n) is 4.51. The Morgan fingerprint density at radius 3 is 2.65 bits per heavy atom. The molecule has 1 N–H and O–H groups in total. The molecule has 0 aliphatic heterocycles. The SMILES string of the molecule is CCc1ccc(NC(=O)O[C@@H]2CC[C@@H]2Oc2cc3sc(-c4cc(C)cc5nc(OC)cnc45)nc3cc2F)cn1. The fourth-order valence-corrected chi connectivity index (χ4v) is 5.50. The predicted octanol–water partition coefficient (Wildman–Crippen LogP) is 6.48. The number of halogens is 1. The summed E-state index contributed by atoms with van der Waals surface area (Å²) in [4.78, 5) is 30.4. The van der Waals surface area contributed by atoms with Crippen LogP contribution in [0.25, 0.3) is 31.8 Å². The molecule has 2 aromatic carbocycles. The molecule has 1 saturated carbocycles. The van der Waals surface area contributed by atoms with Gasteiger partial charge in [-0.05, 0) is 56.0 Å². The van der Waals surface area contributed by atoms with Crippen molar-refractivity contribution in [3.63, 3.8) is 0 Å². The van der Waals surface area contributed by atoms with Crippen molar-refractivity contribution in [3.8, 4) is 22.2 Å². The number of pyridine rings is 1. The number of amides is 1. The topological polar surface area (TPSA) is 108 Å². The fraction of sp³-hybridized carbons (Fsp3) is 0.276. The summed E-state index contributed by atoms with van der Waals surface area (Å²) < 4.78 is 32.5. The molecular formula is C29H26FN5O4S. The standard InChI is InChI=1S/C29H26FN5O4S/c1-4-16-5-6-17(13-31-16)33-29(36)39-23-8-7-22(23)38-24-12-25-20(11-19(24)30)35-28(40-25)18-9-15(2)10-21-27(18)32-14-26(34-21)37-3/h5-6,9-14,22-23H,4,7-8H2,1-3H3,(H,33,36)/t22-,23+/m0/s1. The summed E-state index contributed by atoms with van der Waals surface area (Å²) in [6, 6.07) is 10.6. The highest BCUT2D eigenvalue weighted by Crippen LogP contribution is 2.38. The summed E-state index contributed by atoms with van der Waals surface area (Å²) in [5.41, 5.74) is 5.18. The van der Waals surface area contributed by atoms with Gasteiger partial charge in [0.2, 0.25) is 5.88 Å². The van der Waals surface area contributed by atoms with Crippen LogP contribution in [0.5, 0.6) is 11.6 Å². The maximum atomic E-state index is 15.1. The summed E-state index contributed by atoms with van der Waals surface area (Å²) in [5.74, 6) is -0.00447. The number of carbonyl (C=O) groups is 1. The Hall–Kier alpha value is -4.38. The first-order valence-electron chi connectivity index (χ1n) is 12.9. The number of hydrogen-bond acceptors (Lipinski definition) is 9. The van der Waals surface area contributed by atoms with Crippen molar-refractivity contribution in [2.75, 3.05) is 12.4 Å². The third kappa shape index (κ3) is 5.12. The zero-order valence-electron chi connectivity index (χ0n) is 22.1. The predicted molar refractivity (Wildman–Crippen MR) is 151 cm³/mol. The Kier molecular flexibility index (Phi) is 6.89. The number of ether oxygens (including phenoxy) is 3. The van der Waals surface area contributed by atoms with Crippen LogP contribution in [0.1, 0.15) is 31.0 Å². The molecule has 204 valence electrons. The lowest BCUT2D eigenvalue weighted by Crippen LogP contribution is -2.45. The minimum Gasteiger partial charge on any atom is -0.483 e. The molecule has 1 aliphatic carbocycles. The second-order valence-electron chi connectivity index (χ2n) is 9.56. The molecule has 9 nitrogen and oxygen atoms in total. The molecule has 0 unspecified atom stereocenters. The largest absolute Gasteiger partial charge is 0.483 e. The van der Waals surface area contributed by atoms with E-state index in [4.69, 9.17) is 14.2 Å². The number of nitrogens with zero attached hydrogens (tertiary/aromatic N) is 4. The summed E-state index contributed by atoms with van der Waals surface area (Å²) in [6.45, 7) is 3.98. The number of methoxy groups -OCH3 is 1. The van der Waals surface area contributed by atoms with Crippen molar-refractivity contribution in [3.05, 3.63) is 65.9 Å². The number of carbonyl (C=O) groups excluding carboxylic acids is 1. The molecule has 3 aromatic heterocycles. The van der Waals surface area contributed by atoms with E-state index < -0.39 is 24.1 Å². The Bertz CT molecular complexity index is 1730. The van der Waals surface area contributed by atoms with Crippen LogP contribution in [0.3, 0.4) is 0 Å². The Balaban J connectivity index is 1.19. The van der Waals surface area contributed by atoms with Gasteiger partial charge in [0.25, 0.3) is 0 Å². The number of benzene rings is 2. The van der Waals surface area contributed by atoms with Crippen molar-refractivity contribution < 1.29 is 23.4 Å². The van der Waals surface area contributed by atoms with E-state index in [0.29, 0.717) is 46.0 Å². The van der Waals surface area contributed by atoms with E-state index in [-0.39, 0.29) is 5.75 Å². The van der Waals surface area contributed by atoms with Crippen molar-refractivity contribution >= 4 is 44.4 Å². The van der Waals surface area contributed by atoms with E-state index in [9.17, 15) is 4.79 Å². The molecule has 2 atom stereocenters. The Morgan fingerprint density at radius 1 is 1.07 bits per heavy atom. The van der Waals surface area contributed by atoms with Gasteiger partial charge in [0.05, 0.1) is 46.4 Å². The molecule has 0 radical (unpaired) electrons. The van der Waals surface area contributed by atoms with Gasteiger partial charge in [-0.25, -0.2) is 24.1 Å². The molecule has 1 aliphatic rings. The van der Waals surface area contributed by atoms with E-state index in [0.717, 1.165) is 27.9 Å². The molecule has 40 heavy (non-hydrogen) atoms. The van der Waals surface area contributed by atoms with Gasteiger partial charge in [-0.15, -0.1) is 11.3 Å². The third-order valence-corrected chi connectivity index (χ3v) is 7.82. The zero-order valence-corrected chi connectivity index (χ0v) is 22.9. The van der Waals surface area contributed by atoms with Gasteiger partial charge < -0.3 is 14.2 Å². The van der Waals surface area contributed by atoms with Crippen molar-refractivity contribution in [1.29, 1.82) is 0 Å².